The number of aryl methyl sites for hydroxylation is 2. The number of anilines is 1. The molecule has 0 bridgehead atoms. The molecule has 2 N–H and O–H groups in total. The first-order chi connectivity index (χ1) is 19.8. The van der Waals surface area contributed by atoms with Crippen LogP contribution in [0.4, 0.5) is 10.1 Å². The van der Waals surface area contributed by atoms with E-state index in [0.29, 0.717) is 23.7 Å². The fourth-order valence-corrected chi connectivity index (χ4v) is 6.02. The summed E-state index contributed by atoms with van der Waals surface area (Å²) in [5, 5.41) is 13.6. The number of ether oxygens (including phenoxy) is 3. The molecule has 216 valence electrons. The van der Waals surface area contributed by atoms with E-state index < -0.39 is 29.7 Å². The van der Waals surface area contributed by atoms with Crippen LogP contribution in [0, 0.1) is 11.7 Å². The molecule has 0 saturated carbocycles. The second-order valence-electron chi connectivity index (χ2n) is 10.3. The number of hydrogen-bond acceptors (Lipinski definition) is 6. The van der Waals surface area contributed by atoms with Crippen molar-refractivity contribution in [2.75, 3.05) is 31.8 Å². The number of aliphatic carboxylic acids is 1. The highest BCUT2D eigenvalue weighted by Crippen LogP contribution is 2.48. The third kappa shape index (κ3) is 5.72. The van der Waals surface area contributed by atoms with Crippen LogP contribution in [0.1, 0.15) is 55.0 Å². The maximum Gasteiger partial charge on any atom is 0.309 e. The number of nitrogens with one attached hydrogen (secondary N) is 1. The van der Waals surface area contributed by atoms with Gasteiger partial charge in [-0.15, -0.1) is 0 Å². The van der Waals surface area contributed by atoms with Gasteiger partial charge in [0.1, 0.15) is 11.6 Å². The molecule has 2 aliphatic heterocycles. The van der Waals surface area contributed by atoms with Crippen LogP contribution in [0.25, 0.3) is 0 Å². The molecule has 1 unspecified atom stereocenters. The molecule has 2 heterocycles. The number of carboxylic acids is 1. The molecule has 3 atom stereocenters. The quantitative estimate of drug-likeness (QED) is 0.334. The van der Waals surface area contributed by atoms with E-state index in [9.17, 15) is 14.7 Å². The van der Waals surface area contributed by atoms with Crippen molar-refractivity contribution in [3.63, 3.8) is 0 Å². The van der Waals surface area contributed by atoms with E-state index in [1.165, 1.54) is 12.1 Å². The summed E-state index contributed by atoms with van der Waals surface area (Å²) in [6, 6.07) is 15.3. The van der Waals surface area contributed by atoms with Gasteiger partial charge in [-0.05, 0) is 60.2 Å². The average Bonchev–Trinajstić information content (AvgIpc) is 3.57. The van der Waals surface area contributed by atoms with Gasteiger partial charge in [-0.1, -0.05) is 44.2 Å². The highest BCUT2D eigenvalue weighted by molar-refractivity contribution is 5.94. The Bertz CT molecular complexity index is 1400. The van der Waals surface area contributed by atoms with Gasteiger partial charge in [-0.3, -0.25) is 14.5 Å². The number of para-hydroxylation sites is 1. The number of amides is 1. The van der Waals surface area contributed by atoms with Crippen LogP contribution >= 0.6 is 0 Å². The van der Waals surface area contributed by atoms with Gasteiger partial charge < -0.3 is 24.6 Å². The lowest BCUT2D eigenvalue weighted by atomic mass is 9.82. The number of halogens is 1. The molecule has 5 rings (SSSR count). The summed E-state index contributed by atoms with van der Waals surface area (Å²) in [5.41, 5.74) is 3.80. The Morgan fingerprint density at radius 3 is 2.29 bits per heavy atom. The highest BCUT2D eigenvalue weighted by Gasteiger charge is 2.49. The minimum Gasteiger partial charge on any atom is -0.494 e. The molecule has 8 nitrogen and oxygen atoms in total. The minimum atomic E-state index is -1.07. The summed E-state index contributed by atoms with van der Waals surface area (Å²) in [6.07, 6.45) is 1.52. The maximum atomic E-state index is 15.4. The lowest BCUT2D eigenvalue weighted by Crippen LogP contribution is -2.35. The number of hydrogen-bond donors (Lipinski definition) is 2. The van der Waals surface area contributed by atoms with Gasteiger partial charge in [-0.25, -0.2) is 4.39 Å². The molecular weight excluding hydrogens is 527 g/mol. The summed E-state index contributed by atoms with van der Waals surface area (Å²) in [6.45, 7) is 6.53. The Balaban J connectivity index is 1.51. The molecule has 0 spiro atoms. The molecule has 0 aliphatic carbocycles. The van der Waals surface area contributed by atoms with Crippen molar-refractivity contribution < 1.29 is 33.3 Å². The molecule has 9 heteroatoms. The van der Waals surface area contributed by atoms with Gasteiger partial charge in [0.15, 0.2) is 11.5 Å². The normalized spacial score (nSPS) is 19.8. The van der Waals surface area contributed by atoms with Crippen LogP contribution in [-0.4, -0.2) is 48.4 Å². The zero-order chi connectivity index (χ0) is 29.1. The number of likely N-dealkylation sites (tertiary alicyclic amines) is 1. The molecular formula is C32H35FN2O6. The van der Waals surface area contributed by atoms with Crippen LogP contribution in [0.3, 0.4) is 0 Å². The van der Waals surface area contributed by atoms with E-state index in [0.717, 1.165) is 29.7 Å². The summed E-state index contributed by atoms with van der Waals surface area (Å²) in [5.74, 6) is -2.32. The van der Waals surface area contributed by atoms with Crippen molar-refractivity contribution in [2.45, 2.75) is 45.6 Å². The van der Waals surface area contributed by atoms with E-state index >= 15 is 4.39 Å². The second kappa shape index (κ2) is 12.2. The maximum absolute atomic E-state index is 15.4. The number of benzene rings is 3. The van der Waals surface area contributed by atoms with Crippen molar-refractivity contribution in [3.8, 4) is 17.2 Å². The summed E-state index contributed by atoms with van der Waals surface area (Å²) in [7, 11) is 0. The Hall–Kier alpha value is -4.11. The molecule has 1 saturated heterocycles. The van der Waals surface area contributed by atoms with Crippen molar-refractivity contribution >= 4 is 17.6 Å². The molecule has 41 heavy (non-hydrogen) atoms. The summed E-state index contributed by atoms with van der Waals surface area (Å²) < 4.78 is 31.8. The van der Waals surface area contributed by atoms with E-state index in [1.807, 2.05) is 56.0 Å². The molecule has 0 radical (unpaired) electrons. The molecule has 3 aromatic rings. The predicted molar refractivity (Wildman–Crippen MR) is 152 cm³/mol. The van der Waals surface area contributed by atoms with Gasteiger partial charge in [0.05, 0.1) is 19.1 Å². The van der Waals surface area contributed by atoms with E-state index in [4.69, 9.17) is 14.2 Å². The van der Waals surface area contributed by atoms with Crippen molar-refractivity contribution in [1.82, 2.24) is 4.90 Å². The lowest BCUT2D eigenvalue weighted by molar-refractivity contribution is -0.143. The Kier molecular flexibility index (Phi) is 8.44. The SMILES string of the molecule is CCOc1ccc([C@H]2C(C(=O)O)[C@@H](c3cc4c(cc3F)OCO4)CN2CC(=O)Nc2c(CC)cccc2CC)cc1. The first kappa shape index (κ1) is 28.4. The molecule has 3 aromatic carbocycles. The Labute approximate surface area is 239 Å². The zero-order valence-corrected chi connectivity index (χ0v) is 23.5. The Morgan fingerprint density at radius 1 is 1.02 bits per heavy atom. The van der Waals surface area contributed by atoms with Gasteiger partial charge in [-0.2, -0.15) is 0 Å². The smallest absolute Gasteiger partial charge is 0.309 e. The van der Waals surface area contributed by atoms with Gasteiger partial charge in [0.2, 0.25) is 12.7 Å². The fourth-order valence-electron chi connectivity index (χ4n) is 6.02. The molecule has 2 aliphatic rings. The molecule has 0 aromatic heterocycles. The fraction of sp³-hybridized carbons (Fsp3) is 0.375. The number of fused-ring (bicyclic) bond motifs is 1. The third-order valence-corrected chi connectivity index (χ3v) is 7.92. The number of rotatable bonds is 10. The van der Waals surface area contributed by atoms with Crippen molar-refractivity contribution in [1.29, 1.82) is 0 Å². The number of carbonyl (C=O) groups excluding carboxylic acids is 1. The number of nitrogens with zero attached hydrogens (tertiary/aromatic N) is 1. The Morgan fingerprint density at radius 2 is 1.68 bits per heavy atom. The van der Waals surface area contributed by atoms with E-state index in [2.05, 4.69) is 5.32 Å². The monoisotopic (exact) mass is 562 g/mol. The van der Waals surface area contributed by atoms with Crippen LogP contribution in [0.15, 0.2) is 54.6 Å². The zero-order valence-electron chi connectivity index (χ0n) is 23.5. The molecule has 1 amide bonds. The van der Waals surface area contributed by atoms with Gasteiger partial charge in [0.25, 0.3) is 0 Å². The molecule has 1 fully saturated rings. The average molecular weight is 563 g/mol. The summed E-state index contributed by atoms with van der Waals surface area (Å²) >= 11 is 0. The largest absolute Gasteiger partial charge is 0.494 e. The first-order valence-electron chi connectivity index (χ1n) is 14.0. The number of carboxylic acid groups (broad SMARTS) is 1. The van der Waals surface area contributed by atoms with Gasteiger partial charge in [0, 0.05) is 30.3 Å². The first-order valence-corrected chi connectivity index (χ1v) is 14.0. The topological polar surface area (TPSA) is 97.3 Å². The minimum absolute atomic E-state index is 0.0225. The summed E-state index contributed by atoms with van der Waals surface area (Å²) in [4.78, 5) is 28.2. The van der Waals surface area contributed by atoms with Crippen molar-refractivity contribution in [3.05, 3.63) is 82.7 Å². The number of carbonyl (C=O) groups is 2. The standard InChI is InChI=1S/C32H35FN2O6/c1-4-19-8-7-9-20(5-2)30(19)34-28(36)17-35-16-24(23-14-26-27(15-25(23)33)41-18-40-26)29(32(37)38)31(35)21-10-12-22(13-11-21)39-6-3/h7-15,24,29,31H,4-6,16-18H2,1-3H3,(H,34,36)(H,37,38)/t24-,29?,31+/m1/s1. The third-order valence-electron chi connectivity index (χ3n) is 7.92. The van der Waals surface area contributed by atoms with Crippen molar-refractivity contribution in [2.24, 2.45) is 5.92 Å². The van der Waals surface area contributed by atoms with Crippen LogP contribution < -0.4 is 19.5 Å². The highest BCUT2D eigenvalue weighted by atomic mass is 19.1. The van der Waals surface area contributed by atoms with Crippen LogP contribution in [0.5, 0.6) is 17.2 Å². The van der Waals surface area contributed by atoms with Crippen LogP contribution in [-0.2, 0) is 22.4 Å². The lowest BCUT2D eigenvalue weighted by Gasteiger charge is -2.27. The van der Waals surface area contributed by atoms with E-state index in [1.54, 1.807) is 12.1 Å². The second-order valence-corrected chi connectivity index (χ2v) is 10.3. The van der Waals surface area contributed by atoms with Crippen LogP contribution in [0.2, 0.25) is 0 Å². The van der Waals surface area contributed by atoms with E-state index in [-0.39, 0.29) is 37.1 Å². The van der Waals surface area contributed by atoms with Gasteiger partial charge >= 0.3 is 5.97 Å². The predicted octanol–water partition coefficient (Wildman–Crippen LogP) is 5.56.